The second-order valence-corrected chi connectivity index (χ2v) is 6.74. The minimum absolute atomic E-state index is 0.0322. The van der Waals surface area contributed by atoms with Crippen molar-refractivity contribution in [3.05, 3.63) is 12.2 Å². The Kier molecular flexibility index (Phi) is 2.68. The van der Waals surface area contributed by atoms with Gasteiger partial charge in [0.05, 0.1) is 5.60 Å². The summed E-state index contributed by atoms with van der Waals surface area (Å²) in [5, 5.41) is 20.2. The van der Waals surface area contributed by atoms with E-state index in [4.69, 9.17) is 4.74 Å². The van der Waals surface area contributed by atoms with Crippen molar-refractivity contribution >= 4 is 0 Å². The fraction of sp³-hybridized carbons (Fsp3) is 0.867. The molecule has 1 aliphatic carbocycles. The molecular formula is C15H24O3. The van der Waals surface area contributed by atoms with Crippen LogP contribution in [0.3, 0.4) is 0 Å². The molecule has 2 heterocycles. The summed E-state index contributed by atoms with van der Waals surface area (Å²) in [7, 11) is 0. The van der Waals surface area contributed by atoms with Gasteiger partial charge in [0.1, 0.15) is 0 Å². The smallest absolute Gasteiger partial charge is 0.173 e. The first-order valence-corrected chi connectivity index (χ1v) is 7.14. The molecule has 0 amide bonds. The molecule has 2 N–H and O–H groups in total. The second-order valence-electron chi connectivity index (χ2n) is 6.74. The van der Waals surface area contributed by atoms with E-state index >= 15 is 0 Å². The van der Waals surface area contributed by atoms with Crippen LogP contribution in [-0.4, -0.2) is 28.2 Å². The highest BCUT2D eigenvalue weighted by molar-refractivity contribution is 5.24. The minimum Gasteiger partial charge on any atom is -0.396 e. The number of fused-ring (bicyclic) bond motifs is 1. The zero-order chi connectivity index (χ0) is 13.1. The van der Waals surface area contributed by atoms with Gasteiger partial charge in [-0.15, -0.1) is 0 Å². The highest BCUT2D eigenvalue weighted by atomic mass is 16.6. The third kappa shape index (κ3) is 1.41. The molecule has 2 bridgehead atoms. The van der Waals surface area contributed by atoms with Gasteiger partial charge in [0.25, 0.3) is 0 Å². The molecule has 3 fully saturated rings. The minimum atomic E-state index is -1.09. The van der Waals surface area contributed by atoms with Crippen LogP contribution >= 0.6 is 0 Å². The van der Waals surface area contributed by atoms with Crippen molar-refractivity contribution < 1.29 is 14.9 Å². The normalized spacial score (nSPS) is 52.4. The van der Waals surface area contributed by atoms with Crippen LogP contribution < -0.4 is 0 Å². The van der Waals surface area contributed by atoms with Crippen molar-refractivity contribution in [2.75, 3.05) is 6.61 Å². The Morgan fingerprint density at radius 2 is 2.22 bits per heavy atom. The molecule has 0 aromatic rings. The van der Waals surface area contributed by atoms with Crippen molar-refractivity contribution in [3.63, 3.8) is 0 Å². The Labute approximate surface area is 109 Å². The van der Waals surface area contributed by atoms with E-state index in [1.165, 1.54) is 0 Å². The fourth-order valence-corrected chi connectivity index (χ4v) is 4.65. The Bertz CT molecular complexity index is 380. The van der Waals surface area contributed by atoms with E-state index in [0.29, 0.717) is 18.3 Å². The van der Waals surface area contributed by atoms with Gasteiger partial charge in [-0.05, 0) is 31.1 Å². The Morgan fingerprint density at radius 1 is 1.50 bits per heavy atom. The summed E-state index contributed by atoms with van der Waals surface area (Å²) in [6, 6.07) is 0. The standard InChI is InChI=1S/C15H24O3/c1-9-6-15(17)13(10(2)8-16)7-14(18-15)11(3)4-5-12(9)14/h10-13,16-17H,1,4-8H2,2-3H3/t10-,11+,12+,13+,14+,15-/m1/s1. The van der Waals surface area contributed by atoms with Crippen molar-refractivity contribution in [1.82, 2.24) is 0 Å². The van der Waals surface area contributed by atoms with Crippen LogP contribution in [0.5, 0.6) is 0 Å². The Balaban J connectivity index is 2.00. The van der Waals surface area contributed by atoms with Gasteiger partial charge in [-0.1, -0.05) is 26.0 Å². The number of aliphatic hydroxyl groups is 2. The maximum absolute atomic E-state index is 10.8. The lowest BCUT2D eigenvalue weighted by Gasteiger charge is -2.43. The molecule has 6 atom stereocenters. The molecule has 3 nitrogen and oxygen atoms in total. The molecule has 102 valence electrons. The first kappa shape index (κ1) is 12.6. The molecule has 0 unspecified atom stereocenters. The van der Waals surface area contributed by atoms with Gasteiger partial charge in [-0.25, -0.2) is 0 Å². The summed E-state index contributed by atoms with van der Waals surface area (Å²) in [5.74, 6) is -0.0990. The van der Waals surface area contributed by atoms with E-state index in [1.54, 1.807) is 0 Å². The lowest BCUT2D eigenvalue weighted by molar-refractivity contribution is -0.270. The van der Waals surface area contributed by atoms with Gasteiger partial charge < -0.3 is 14.9 Å². The molecular weight excluding hydrogens is 228 g/mol. The van der Waals surface area contributed by atoms with Gasteiger partial charge in [-0.3, -0.25) is 0 Å². The van der Waals surface area contributed by atoms with Crippen LogP contribution in [-0.2, 0) is 4.74 Å². The summed E-state index contributed by atoms with van der Waals surface area (Å²) in [6.07, 6.45) is 3.70. The van der Waals surface area contributed by atoms with Crippen LogP contribution in [0.2, 0.25) is 0 Å². The van der Waals surface area contributed by atoms with Crippen LogP contribution in [0.25, 0.3) is 0 Å². The molecule has 3 aliphatic rings. The zero-order valence-corrected chi connectivity index (χ0v) is 11.4. The average Bonchev–Trinajstić information content (AvgIpc) is 2.76. The van der Waals surface area contributed by atoms with Gasteiger partial charge in [0, 0.05) is 24.9 Å². The van der Waals surface area contributed by atoms with Crippen LogP contribution in [0.1, 0.15) is 39.5 Å². The monoisotopic (exact) mass is 252 g/mol. The van der Waals surface area contributed by atoms with Crippen molar-refractivity contribution in [1.29, 1.82) is 0 Å². The molecule has 0 aromatic carbocycles. The quantitative estimate of drug-likeness (QED) is 0.740. The van der Waals surface area contributed by atoms with E-state index < -0.39 is 5.79 Å². The van der Waals surface area contributed by atoms with Gasteiger partial charge in [0.2, 0.25) is 0 Å². The summed E-state index contributed by atoms with van der Waals surface area (Å²) in [4.78, 5) is 0. The van der Waals surface area contributed by atoms with E-state index in [0.717, 1.165) is 24.8 Å². The first-order chi connectivity index (χ1) is 8.43. The van der Waals surface area contributed by atoms with Crippen molar-refractivity contribution in [2.24, 2.45) is 23.7 Å². The number of aliphatic hydroxyl groups excluding tert-OH is 1. The molecule has 1 spiro atoms. The Morgan fingerprint density at radius 3 is 2.89 bits per heavy atom. The summed E-state index contributed by atoms with van der Waals surface area (Å²) in [5.41, 5.74) is 0.943. The number of rotatable bonds is 2. The predicted molar refractivity (Wildman–Crippen MR) is 68.8 cm³/mol. The third-order valence-corrected chi connectivity index (χ3v) is 5.75. The molecule has 18 heavy (non-hydrogen) atoms. The van der Waals surface area contributed by atoms with Crippen LogP contribution in [0, 0.1) is 23.7 Å². The summed E-state index contributed by atoms with van der Waals surface area (Å²) in [6.45, 7) is 8.53. The number of ether oxygens (including phenoxy) is 1. The maximum atomic E-state index is 10.8. The Hall–Kier alpha value is -0.380. The van der Waals surface area contributed by atoms with Crippen molar-refractivity contribution in [2.45, 2.75) is 50.9 Å². The van der Waals surface area contributed by atoms with Gasteiger partial charge in [0.15, 0.2) is 5.79 Å². The predicted octanol–water partition coefficient (Wildman–Crippen LogP) is 2.08. The molecule has 2 aliphatic heterocycles. The van der Waals surface area contributed by atoms with E-state index in [9.17, 15) is 10.2 Å². The van der Waals surface area contributed by atoms with Gasteiger partial charge >= 0.3 is 0 Å². The summed E-state index contributed by atoms with van der Waals surface area (Å²) >= 11 is 0. The molecule has 3 rings (SSSR count). The average molecular weight is 252 g/mol. The number of hydrogen-bond donors (Lipinski definition) is 2. The molecule has 1 saturated carbocycles. The lowest BCUT2D eigenvalue weighted by Crippen LogP contribution is -2.48. The topological polar surface area (TPSA) is 49.7 Å². The maximum Gasteiger partial charge on any atom is 0.173 e. The third-order valence-electron chi connectivity index (χ3n) is 5.75. The molecule has 0 radical (unpaired) electrons. The van der Waals surface area contributed by atoms with Gasteiger partial charge in [-0.2, -0.15) is 0 Å². The highest BCUT2D eigenvalue weighted by Gasteiger charge is 2.66. The highest BCUT2D eigenvalue weighted by Crippen LogP contribution is 2.63. The molecule has 0 aromatic heterocycles. The second kappa shape index (κ2) is 3.81. The number of hydrogen-bond acceptors (Lipinski definition) is 3. The lowest BCUT2D eigenvalue weighted by atomic mass is 9.77. The summed E-state index contributed by atoms with van der Waals surface area (Å²) < 4.78 is 6.20. The van der Waals surface area contributed by atoms with E-state index in [1.807, 2.05) is 6.92 Å². The fourth-order valence-electron chi connectivity index (χ4n) is 4.65. The van der Waals surface area contributed by atoms with Crippen LogP contribution in [0.4, 0.5) is 0 Å². The van der Waals surface area contributed by atoms with E-state index in [-0.39, 0.29) is 24.0 Å². The molecule has 3 heteroatoms. The van der Waals surface area contributed by atoms with E-state index in [2.05, 4.69) is 13.5 Å². The zero-order valence-electron chi connectivity index (χ0n) is 11.4. The van der Waals surface area contributed by atoms with Crippen molar-refractivity contribution in [3.8, 4) is 0 Å². The first-order valence-electron chi connectivity index (χ1n) is 7.14. The van der Waals surface area contributed by atoms with Crippen LogP contribution in [0.15, 0.2) is 12.2 Å². The largest absolute Gasteiger partial charge is 0.396 e. The molecule has 2 saturated heterocycles. The SMILES string of the molecule is C=C1C[C@@]2(O)O[C@@]3(C[C@H]2[C@H](C)CO)[C@@H](C)CC[C@@H]13.